The van der Waals surface area contributed by atoms with Gasteiger partial charge in [0.05, 0.1) is 11.0 Å². The molecule has 10 aromatic rings. The molecule has 0 spiro atoms. The van der Waals surface area contributed by atoms with Crippen molar-refractivity contribution in [3.63, 3.8) is 0 Å². The van der Waals surface area contributed by atoms with Crippen LogP contribution in [0.2, 0.25) is 0 Å². The molecule has 10 rings (SSSR count). The molecule has 0 bridgehead atoms. The van der Waals surface area contributed by atoms with E-state index in [0.29, 0.717) is 17.5 Å². The Morgan fingerprint density at radius 1 is 0.412 bits per heavy atom. The lowest BCUT2D eigenvalue weighted by atomic mass is 10.0. The molecule has 0 unspecified atom stereocenters. The highest BCUT2D eigenvalue weighted by molar-refractivity contribution is 6.10. The number of rotatable bonds is 5. The molecule has 3 heterocycles. The summed E-state index contributed by atoms with van der Waals surface area (Å²) in [7, 11) is 0. The van der Waals surface area contributed by atoms with Crippen LogP contribution in [0.15, 0.2) is 168 Å². The summed E-state index contributed by atoms with van der Waals surface area (Å²) in [6, 6.07) is 56.8. The number of furan rings is 1. The van der Waals surface area contributed by atoms with Crippen molar-refractivity contribution in [3.8, 4) is 51.0 Å². The van der Waals surface area contributed by atoms with Gasteiger partial charge in [0.25, 0.3) is 0 Å². The van der Waals surface area contributed by atoms with Crippen molar-refractivity contribution < 1.29 is 4.42 Å². The predicted octanol–water partition coefficient (Wildman–Crippen LogP) is 11.8. The summed E-state index contributed by atoms with van der Waals surface area (Å²) >= 11 is 0. The lowest BCUT2D eigenvalue weighted by molar-refractivity contribution is 0.669. The van der Waals surface area contributed by atoms with Gasteiger partial charge in [0.1, 0.15) is 11.2 Å². The number of aryl methyl sites for hydroxylation is 1. The zero-order valence-corrected chi connectivity index (χ0v) is 27.8. The van der Waals surface area contributed by atoms with Crippen LogP contribution in [0.5, 0.6) is 0 Å². The molecule has 0 aliphatic rings. The third kappa shape index (κ3) is 4.90. The zero-order chi connectivity index (χ0) is 33.9. The average Bonchev–Trinajstić information content (AvgIpc) is 3.73. The second-order valence-electron chi connectivity index (χ2n) is 12.9. The first kappa shape index (κ1) is 29.1. The van der Waals surface area contributed by atoms with Crippen LogP contribution in [0, 0.1) is 6.92 Å². The molecule has 0 saturated heterocycles. The number of nitrogens with zero attached hydrogens (tertiary/aromatic N) is 4. The molecule has 0 saturated carbocycles. The van der Waals surface area contributed by atoms with Gasteiger partial charge in [-0.3, -0.25) is 0 Å². The second kappa shape index (κ2) is 11.6. The Kier molecular flexibility index (Phi) is 6.64. The van der Waals surface area contributed by atoms with Gasteiger partial charge >= 0.3 is 0 Å². The fraction of sp³-hybridized carbons (Fsp3) is 0.0217. The quantitative estimate of drug-likeness (QED) is 0.185. The van der Waals surface area contributed by atoms with Crippen LogP contribution in [0.1, 0.15) is 5.56 Å². The maximum absolute atomic E-state index is 6.36. The van der Waals surface area contributed by atoms with Crippen LogP contribution in [-0.4, -0.2) is 19.5 Å². The highest BCUT2D eigenvalue weighted by atomic mass is 16.3. The molecule has 240 valence electrons. The molecule has 5 heteroatoms. The van der Waals surface area contributed by atoms with Crippen LogP contribution in [-0.2, 0) is 0 Å². The summed E-state index contributed by atoms with van der Waals surface area (Å²) in [6.45, 7) is 2.09. The van der Waals surface area contributed by atoms with Crippen molar-refractivity contribution >= 4 is 43.7 Å². The number of aromatic nitrogens is 4. The van der Waals surface area contributed by atoms with E-state index in [1.54, 1.807) is 0 Å². The molecule has 7 aromatic carbocycles. The van der Waals surface area contributed by atoms with Crippen LogP contribution in [0.3, 0.4) is 0 Å². The lowest BCUT2D eigenvalue weighted by Gasteiger charge is -2.11. The zero-order valence-electron chi connectivity index (χ0n) is 27.8. The van der Waals surface area contributed by atoms with E-state index in [2.05, 4.69) is 145 Å². The Morgan fingerprint density at radius 3 is 1.84 bits per heavy atom. The maximum atomic E-state index is 6.36. The minimum atomic E-state index is 0.613. The first-order chi connectivity index (χ1) is 25.2. The smallest absolute Gasteiger partial charge is 0.164 e. The third-order valence-corrected chi connectivity index (χ3v) is 9.80. The maximum Gasteiger partial charge on any atom is 0.164 e. The Hall–Kier alpha value is -6.85. The van der Waals surface area contributed by atoms with Crippen molar-refractivity contribution in [2.24, 2.45) is 0 Å². The molecule has 0 N–H and O–H groups in total. The monoisotopic (exact) mass is 654 g/mol. The minimum absolute atomic E-state index is 0.613. The summed E-state index contributed by atoms with van der Waals surface area (Å²) in [4.78, 5) is 15.3. The Balaban J connectivity index is 1.15. The Morgan fingerprint density at radius 2 is 1.04 bits per heavy atom. The van der Waals surface area contributed by atoms with E-state index in [1.807, 2.05) is 30.3 Å². The first-order valence-electron chi connectivity index (χ1n) is 17.1. The van der Waals surface area contributed by atoms with Gasteiger partial charge in [-0.2, -0.15) is 0 Å². The average molecular weight is 655 g/mol. The van der Waals surface area contributed by atoms with E-state index in [-0.39, 0.29) is 0 Å². The topological polar surface area (TPSA) is 56.7 Å². The molecule has 0 aliphatic carbocycles. The van der Waals surface area contributed by atoms with Gasteiger partial charge < -0.3 is 8.98 Å². The predicted molar refractivity (Wildman–Crippen MR) is 208 cm³/mol. The Labute approximate surface area is 294 Å². The molecule has 0 atom stereocenters. The van der Waals surface area contributed by atoms with Gasteiger partial charge in [0, 0.05) is 43.9 Å². The largest absolute Gasteiger partial charge is 0.456 e. The van der Waals surface area contributed by atoms with Crippen LogP contribution in [0.4, 0.5) is 0 Å². The third-order valence-electron chi connectivity index (χ3n) is 9.80. The number of fused-ring (bicyclic) bond motifs is 6. The summed E-state index contributed by atoms with van der Waals surface area (Å²) < 4.78 is 8.68. The number of hydrogen-bond donors (Lipinski definition) is 0. The number of hydrogen-bond acceptors (Lipinski definition) is 4. The van der Waals surface area contributed by atoms with Gasteiger partial charge in [-0.1, -0.05) is 97.1 Å². The van der Waals surface area contributed by atoms with E-state index in [0.717, 1.165) is 77.4 Å². The number of para-hydroxylation sites is 2. The first-order valence-corrected chi connectivity index (χ1v) is 17.1. The summed E-state index contributed by atoms with van der Waals surface area (Å²) in [6.07, 6.45) is 0. The molecule has 0 amide bonds. The minimum Gasteiger partial charge on any atom is -0.456 e. The van der Waals surface area contributed by atoms with E-state index < -0.39 is 0 Å². The highest BCUT2D eigenvalue weighted by Crippen LogP contribution is 2.37. The number of benzene rings is 7. The van der Waals surface area contributed by atoms with Crippen molar-refractivity contribution in [2.45, 2.75) is 6.92 Å². The van der Waals surface area contributed by atoms with Crippen molar-refractivity contribution in [3.05, 3.63) is 169 Å². The van der Waals surface area contributed by atoms with Gasteiger partial charge in [-0.15, -0.1) is 0 Å². The van der Waals surface area contributed by atoms with E-state index in [4.69, 9.17) is 19.4 Å². The van der Waals surface area contributed by atoms with Gasteiger partial charge in [0.2, 0.25) is 0 Å². The molecule has 0 radical (unpaired) electrons. The van der Waals surface area contributed by atoms with Gasteiger partial charge in [-0.25, -0.2) is 15.0 Å². The standard InChI is InChI=1S/C46H30N4O/c1-29-12-8-9-17-35(29)46-48-44(32-21-24-41-38(26-32)36-18-10-11-19-40(36)50(41)34-15-6-3-7-16-34)47-45(49-46)33-22-25-42-39(27-33)37-23-20-31(28-43(37)51-42)30-13-4-2-5-14-30/h2-28H,1H3. The molecule has 3 aromatic heterocycles. The fourth-order valence-electron chi connectivity index (χ4n) is 7.27. The van der Waals surface area contributed by atoms with E-state index in [9.17, 15) is 0 Å². The molecular formula is C46H30N4O. The molecule has 0 aliphatic heterocycles. The van der Waals surface area contributed by atoms with Gasteiger partial charge in [0.15, 0.2) is 17.5 Å². The van der Waals surface area contributed by atoms with Crippen LogP contribution >= 0.6 is 0 Å². The Bertz CT molecular complexity index is 2920. The van der Waals surface area contributed by atoms with Crippen LogP contribution in [0.25, 0.3) is 94.7 Å². The molecule has 5 nitrogen and oxygen atoms in total. The highest BCUT2D eigenvalue weighted by Gasteiger charge is 2.18. The summed E-state index contributed by atoms with van der Waals surface area (Å²) in [5.41, 5.74) is 11.3. The van der Waals surface area contributed by atoms with Crippen molar-refractivity contribution in [1.29, 1.82) is 0 Å². The van der Waals surface area contributed by atoms with E-state index in [1.165, 1.54) is 5.39 Å². The van der Waals surface area contributed by atoms with Crippen molar-refractivity contribution in [2.75, 3.05) is 0 Å². The molecule has 51 heavy (non-hydrogen) atoms. The van der Waals surface area contributed by atoms with E-state index >= 15 is 0 Å². The molecule has 0 fully saturated rings. The van der Waals surface area contributed by atoms with Crippen LogP contribution < -0.4 is 0 Å². The normalized spacial score (nSPS) is 11.6. The molecular weight excluding hydrogens is 625 g/mol. The second-order valence-corrected chi connectivity index (χ2v) is 12.9. The SMILES string of the molecule is Cc1ccccc1-c1nc(-c2ccc3oc4cc(-c5ccccc5)ccc4c3c2)nc(-c2ccc3c(c2)c2ccccc2n3-c2ccccc2)n1. The fourth-order valence-corrected chi connectivity index (χ4v) is 7.27. The summed E-state index contributed by atoms with van der Waals surface area (Å²) in [5, 5.41) is 4.41. The van der Waals surface area contributed by atoms with Gasteiger partial charge in [-0.05, 0) is 90.3 Å². The van der Waals surface area contributed by atoms with Crippen molar-refractivity contribution in [1.82, 2.24) is 19.5 Å². The lowest BCUT2D eigenvalue weighted by Crippen LogP contribution is -2.01. The summed E-state index contributed by atoms with van der Waals surface area (Å²) in [5.74, 6) is 1.88.